The summed E-state index contributed by atoms with van der Waals surface area (Å²) < 4.78 is 19.7. The van der Waals surface area contributed by atoms with Gasteiger partial charge in [-0.3, -0.25) is 0 Å². The Morgan fingerprint density at radius 1 is 0.120 bits per heavy atom. The highest BCUT2D eigenvalue weighted by Crippen LogP contribution is 2.53. The number of anilines is 9. The van der Waals surface area contributed by atoms with Crippen molar-refractivity contribution in [3.8, 4) is 89.0 Å². The van der Waals surface area contributed by atoms with Crippen molar-refractivity contribution >= 4 is 182 Å². The molecule has 0 aliphatic carbocycles. The smallest absolute Gasteiger partial charge is 0.143 e. The first-order valence-corrected chi connectivity index (χ1v) is 51.2. The van der Waals surface area contributed by atoms with Crippen LogP contribution in [0.1, 0.15) is 0 Å². The van der Waals surface area contributed by atoms with Crippen LogP contribution in [0.2, 0.25) is 0 Å². The summed E-state index contributed by atoms with van der Waals surface area (Å²) in [6.45, 7) is 0. The highest BCUT2D eigenvalue weighted by molar-refractivity contribution is 6.21. The van der Waals surface area contributed by atoms with Gasteiger partial charge in [-0.05, 0) is 255 Å². The molecule has 0 fully saturated rings. The summed E-state index contributed by atoms with van der Waals surface area (Å²) in [6.07, 6.45) is 0. The van der Waals surface area contributed by atoms with Crippen LogP contribution in [-0.2, 0) is 0 Å². The van der Waals surface area contributed by atoms with Crippen LogP contribution in [0.4, 0.5) is 51.2 Å². The number of hydrogen-bond donors (Lipinski definition) is 0. The second kappa shape index (κ2) is 38.6. The van der Waals surface area contributed by atoms with Crippen LogP contribution in [0, 0.1) is 0 Å². The zero-order valence-corrected chi connectivity index (χ0v) is 81.9. The average Bonchev–Trinajstić information content (AvgIpc) is 1.35. The second-order valence-electron chi connectivity index (χ2n) is 38.4. The van der Waals surface area contributed by atoms with E-state index < -0.39 is 0 Å². The van der Waals surface area contributed by atoms with Crippen molar-refractivity contribution < 1.29 is 13.3 Å². The molecule has 0 bridgehead atoms. The largest absolute Gasteiger partial charge is 0.455 e. The Labute approximate surface area is 868 Å². The van der Waals surface area contributed by atoms with E-state index in [-0.39, 0.29) is 0 Å². The zero-order valence-electron chi connectivity index (χ0n) is 81.9. The third kappa shape index (κ3) is 16.6. The van der Waals surface area contributed by atoms with Gasteiger partial charge in [-0.1, -0.05) is 431 Å². The van der Waals surface area contributed by atoms with Gasteiger partial charge in [-0.2, -0.15) is 0 Å². The SMILES string of the molecule is c1ccc(-c2ccc(N(c3ccc(-c4cccc5ccccc45)cc3)c3ccc4oc5c6ccccc6ccc5c4c3)cc2)cc1.c1ccc(-c2cccc(-c3ccc(N(c4ccc5c(c4)oc4c6ccccc6ccc54)c4c(-c5ccccc5)cc(-c5ccccc5)cc4-c4ccccc4)cc3)c2)cc1.c1ccc(-c2ccccc2N(c2ccc3c(ccc4c5ccccc5oc34)c2)c2cc3ccccc3c3ccccc23)cc1. The predicted molar refractivity (Wildman–Crippen MR) is 634 cm³/mol. The van der Waals surface area contributed by atoms with Crippen LogP contribution in [0.15, 0.2) is 590 Å². The van der Waals surface area contributed by atoms with Crippen molar-refractivity contribution in [3.05, 3.63) is 576 Å². The quantitative estimate of drug-likeness (QED) is 0.0847. The van der Waals surface area contributed by atoms with Gasteiger partial charge in [0.15, 0.2) is 0 Å². The first kappa shape index (κ1) is 89.0. The molecule has 6 nitrogen and oxygen atoms in total. The standard InChI is InChI=1S/C58H39NO.C44H29NO.C42H27NO/c1-5-16-40(17-6-1)46-25-15-26-47(36-46)42-28-31-49(32-29-42)59(50-33-35-52-53-34-30-45-24-13-14-27-51(45)58(53)60-56(52)39-50)57-54(43-20-9-3-10-21-43)37-48(41-18-7-2-8-19-41)38-55(57)44-22-11-4-12-23-44;1-2-9-30(10-3-1)31-17-22-35(23-18-31)45(36-24-19-34(20-25-36)39-16-8-13-32-11-4-6-14-38(32)39)37-26-28-43-42(29-37)41-27-21-33-12-5-7-15-40(33)44(41)46-43;1-2-12-28(13-3-1)33-16-8-10-20-39(33)43(40-27-29-14-4-5-15-32(29)35-17-6-7-18-36(35)40)31-23-25-34-30(26-31)22-24-38-37-19-9-11-21-41(37)44-42(34)38/h1-39H;1-29H;1-27H. The van der Waals surface area contributed by atoms with Crippen LogP contribution >= 0.6 is 0 Å². The average molecular weight is 1920 g/mol. The molecule has 150 heavy (non-hydrogen) atoms. The second-order valence-corrected chi connectivity index (χ2v) is 38.4. The van der Waals surface area contributed by atoms with E-state index in [0.29, 0.717) is 0 Å². The summed E-state index contributed by atoms with van der Waals surface area (Å²) in [5.74, 6) is 0. The molecule has 0 saturated carbocycles. The molecule has 0 amide bonds. The maximum Gasteiger partial charge on any atom is 0.143 e. The van der Waals surface area contributed by atoms with E-state index in [0.717, 1.165) is 172 Å². The van der Waals surface area contributed by atoms with E-state index >= 15 is 0 Å². The van der Waals surface area contributed by atoms with Crippen LogP contribution in [-0.4, -0.2) is 0 Å². The molecule has 704 valence electrons. The highest BCUT2D eigenvalue weighted by atomic mass is 16.3. The minimum Gasteiger partial charge on any atom is -0.455 e. The molecule has 0 aliphatic heterocycles. The molecule has 29 rings (SSSR count). The maximum atomic E-state index is 6.83. The zero-order chi connectivity index (χ0) is 99.3. The lowest BCUT2D eigenvalue weighted by atomic mass is 9.89. The van der Waals surface area contributed by atoms with Crippen LogP contribution < -0.4 is 14.7 Å². The maximum absolute atomic E-state index is 6.83. The number of nitrogens with zero attached hydrogens (tertiary/aromatic N) is 3. The normalized spacial score (nSPS) is 11.5. The Morgan fingerprint density at radius 2 is 0.447 bits per heavy atom. The lowest BCUT2D eigenvalue weighted by Crippen LogP contribution is -2.13. The number of rotatable bonds is 17. The van der Waals surface area contributed by atoms with Crippen molar-refractivity contribution in [2.45, 2.75) is 0 Å². The number of benzene rings is 26. The summed E-state index contributed by atoms with van der Waals surface area (Å²) in [4.78, 5) is 7.19. The molecular weight excluding hydrogens is 1820 g/mol. The lowest BCUT2D eigenvalue weighted by Gasteiger charge is -2.31. The minimum absolute atomic E-state index is 0.849. The van der Waals surface area contributed by atoms with Gasteiger partial charge in [0.05, 0.1) is 17.1 Å². The van der Waals surface area contributed by atoms with Crippen molar-refractivity contribution in [3.63, 3.8) is 0 Å². The summed E-state index contributed by atoms with van der Waals surface area (Å²) in [7, 11) is 0. The van der Waals surface area contributed by atoms with E-state index in [1.165, 1.54) is 98.7 Å². The van der Waals surface area contributed by atoms with E-state index in [9.17, 15) is 0 Å². The Kier molecular flexibility index (Phi) is 22.9. The van der Waals surface area contributed by atoms with Gasteiger partial charge in [0.1, 0.15) is 33.5 Å². The molecule has 0 N–H and O–H groups in total. The monoisotopic (exact) mass is 1910 g/mol. The number of furan rings is 3. The fraction of sp³-hybridized carbons (Fsp3) is 0. The van der Waals surface area contributed by atoms with Gasteiger partial charge in [-0.25, -0.2) is 0 Å². The Morgan fingerprint density at radius 3 is 1.03 bits per heavy atom. The Bertz CT molecular complexity index is 10100. The summed E-state index contributed by atoms with van der Waals surface area (Å²) >= 11 is 0. The summed E-state index contributed by atoms with van der Waals surface area (Å²) in [6, 6.07) is 206. The molecule has 3 aromatic heterocycles. The molecule has 26 aromatic carbocycles. The van der Waals surface area contributed by atoms with Gasteiger partial charge < -0.3 is 28.0 Å². The van der Waals surface area contributed by atoms with Gasteiger partial charge in [0, 0.05) is 111 Å². The van der Waals surface area contributed by atoms with Crippen molar-refractivity contribution in [2.24, 2.45) is 0 Å². The molecule has 0 atom stereocenters. The summed E-state index contributed by atoms with van der Waals surface area (Å²) in [5.41, 5.74) is 34.0. The fourth-order valence-electron chi connectivity index (χ4n) is 22.3. The fourth-order valence-corrected chi connectivity index (χ4v) is 22.3. The van der Waals surface area contributed by atoms with Gasteiger partial charge >= 0.3 is 0 Å². The van der Waals surface area contributed by atoms with Crippen molar-refractivity contribution in [1.29, 1.82) is 0 Å². The lowest BCUT2D eigenvalue weighted by molar-refractivity contribution is 0.672. The van der Waals surface area contributed by atoms with Gasteiger partial charge in [-0.15, -0.1) is 0 Å². The Balaban J connectivity index is 0.000000112. The number of hydrogen-bond acceptors (Lipinski definition) is 6. The van der Waals surface area contributed by atoms with E-state index in [4.69, 9.17) is 13.3 Å². The number of para-hydroxylation sites is 2. The molecule has 29 aromatic rings. The third-order valence-corrected chi connectivity index (χ3v) is 29.5. The molecular formula is C144H95N3O3. The van der Waals surface area contributed by atoms with Crippen LogP contribution in [0.5, 0.6) is 0 Å². The van der Waals surface area contributed by atoms with E-state index in [1.807, 2.05) is 12.1 Å². The predicted octanol–water partition coefficient (Wildman–Crippen LogP) is 41.4. The van der Waals surface area contributed by atoms with Crippen molar-refractivity contribution in [1.82, 2.24) is 0 Å². The van der Waals surface area contributed by atoms with Gasteiger partial charge in [0.2, 0.25) is 0 Å². The first-order valence-electron chi connectivity index (χ1n) is 51.2. The topological polar surface area (TPSA) is 49.1 Å². The minimum atomic E-state index is 0.849. The Hall–Kier alpha value is -19.9. The molecule has 3 heterocycles. The molecule has 6 heteroatoms. The molecule has 0 spiro atoms. The van der Waals surface area contributed by atoms with Crippen molar-refractivity contribution in [2.75, 3.05) is 14.7 Å². The molecule has 0 radical (unpaired) electrons. The van der Waals surface area contributed by atoms with E-state index in [2.05, 4.69) is 579 Å². The summed E-state index contributed by atoms with van der Waals surface area (Å²) in [5, 5.41) is 21.0. The number of fused-ring (bicyclic) bond motifs is 19. The molecule has 0 unspecified atom stereocenters. The highest BCUT2D eigenvalue weighted by Gasteiger charge is 2.29. The van der Waals surface area contributed by atoms with E-state index in [1.54, 1.807) is 0 Å². The van der Waals surface area contributed by atoms with Crippen LogP contribution in [0.25, 0.3) is 219 Å². The molecule has 0 saturated heterocycles. The third-order valence-electron chi connectivity index (χ3n) is 29.5. The first-order chi connectivity index (χ1) is 74.4. The molecule has 0 aliphatic rings. The van der Waals surface area contributed by atoms with Gasteiger partial charge in [0.25, 0.3) is 0 Å². The van der Waals surface area contributed by atoms with Crippen LogP contribution in [0.3, 0.4) is 0 Å².